The smallest absolute Gasteiger partial charge is 0.123 e. The number of aliphatic imine (C=N–C) groups is 1. The van der Waals surface area contributed by atoms with Crippen LogP contribution < -0.4 is 0 Å². The van der Waals surface area contributed by atoms with Crippen LogP contribution in [0.4, 0.5) is 4.39 Å². The van der Waals surface area contributed by atoms with Crippen LogP contribution in [0.25, 0.3) is 11.3 Å². The quantitative estimate of drug-likeness (QED) is 0.802. The Balaban J connectivity index is 2.11. The molecule has 0 radical (unpaired) electrons. The molecule has 0 fully saturated rings. The molecule has 0 bridgehead atoms. The molecule has 0 aliphatic carbocycles. The second-order valence-corrected chi connectivity index (χ2v) is 4.15. The topological polar surface area (TPSA) is 41.0 Å². The Morgan fingerprint density at radius 2 is 2.00 bits per heavy atom. The highest BCUT2D eigenvalue weighted by Gasteiger charge is 2.18. The highest BCUT2D eigenvalue weighted by molar-refractivity contribution is 6.00. The molecule has 1 aromatic carbocycles. The molecule has 3 rings (SSSR count). The number of H-pyrrole nitrogens is 1. The van der Waals surface area contributed by atoms with Crippen LogP contribution in [0.5, 0.6) is 0 Å². The number of halogens is 1. The lowest BCUT2D eigenvalue weighted by Gasteiger charge is -2.09. The lowest BCUT2D eigenvalue weighted by molar-refractivity contribution is 0.628. The van der Waals surface area contributed by atoms with Crippen molar-refractivity contribution in [1.82, 2.24) is 10.2 Å². The van der Waals surface area contributed by atoms with Crippen molar-refractivity contribution < 1.29 is 4.39 Å². The van der Waals surface area contributed by atoms with Crippen LogP contribution in [0.3, 0.4) is 0 Å². The molecular weight excluding hydrogens is 217 g/mol. The van der Waals surface area contributed by atoms with Crippen molar-refractivity contribution in [2.75, 3.05) is 6.54 Å². The lowest BCUT2D eigenvalue weighted by atomic mass is 10.00. The number of aromatic amines is 1. The van der Waals surface area contributed by atoms with E-state index >= 15 is 0 Å². The second kappa shape index (κ2) is 3.80. The minimum atomic E-state index is -0.226. The number of nitrogens with zero attached hydrogens (tertiary/aromatic N) is 2. The first-order chi connectivity index (χ1) is 8.25. The Morgan fingerprint density at radius 1 is 1.24 bits per heavy atom. The zero-order chi connectivity index (χ0) is 11.8. The Labute approximate surface area is 98.4 Å². The Hall–Kier alpha value is -1.97. The van der Waals surface area contributed by atoms with E-state index in [1.165, 1.54) is 17.7 Å². The van der Waals surface area contributed by atoms with E-state index in [9.17, 15) is 4.39 Å². The van der Waals surface area contributed by atoms with E-state index < -0.39 is 0 Å². The van der Waals surface area contributed by atoms with Crippen molar-refractivity contribution in [2.45, 2.75) is 13.3 Å². The van der Waals surface area contributed by atoms with Gasteiger partial charge in [0.05, 0.1) is 17.1 Å². The molecule has 1 aliphatic heterocycles. The Morgan fingerprint density at radius 3 is 2.76 bits per heavy atom. The predicted octanol–water partition coefficient (Wildman–Crippen LogP) is 2.58. The summed E-state index contributed by atoms with van der Waals surface area (Å²) in [4.78, 5) is 4.38. The molecule has 0 spiro atoms. The number of aromatic nitrogens is 2. The minimum Gasteiger partial charge on any atom is -0.287 e. The van der Waals surface area contributed by atoms with Gasteiger partial charge in [0.2, 0.25) is 0 Å². The van der Waals surface area contributed by atoms with Crippen molar-refractivity contribution in [3.8, 4) is 11.3 Å². The molecule has 0 unspecified atom stereocenters. The van der Waals surface area contributed by atoms with Gasteiger partial charge in [-0.15, -0.1) is 0 Å². The van der Waals surface area contributed by atoms with Crippen LogP contribution in [0.15, 0.2) is 29.3 Å². The van der Waals surface area contributed by atoms with E-state index in [1.54, 1.807) is 12.1 Å². The van der Waals surface area contributed by atoms with Gasteiger partial charge in [-0.2, -0.15) is 5.10 Å². The summed E-state index contributed by atoms with van der Waals surface area (Å²) in [5.41, 5.74) is 5.04. The molecule has 1 N–H and O–H groups in total. The number of hydrogen-bond donors (Lipinski definition) is 1. The fourth-order valence-electron chi connectivity index (χ4n) is 2.17. The molecule has 3 nitrogen and oxygen atoms in total. The highest BCUT2D eigenvalue weighted by Crippen LogP contribution is 2.26. The molecule has 0 amide bonds. The Kier molecular flexibility index (Phi) is 2.28. The van der Waals surface area contributed by atoms with Gasteiger partial charge in [-0.05, 0) is 37.6 Å². The summed E-state index contributed by atoms with van der Waals surface area (Å²) in [6, 6.07) is 6.43. The normalized spacial score (nSPS) is 14.4. The van der Waals surface area contributed by atoms with Crippen LogP contribution in [0, 0.1) is 5.82 Å². The standard InChI is InChI=1S/C13H12FN3/c1-8-12-11(6-7-15-8)13(17-16-12)9-2-4-10(14)5-3-9/h2-5H,6-7H2,1H3,(H,16,17). The molecule has 0 saturated heterocycles. The van der Waals surface area contributed by atoms with E-state index in [2.05, 4.69) is 15.2 Å². The zero-order valence-corrected chi connectivity index (χ0v) is 9.50. The molecule has 4 heteroatoms. The van der Waals surface area contributed by atoms with Gasteiger partial charge < -0.3 is 0 Å². The van der Waals surface area contributed by atoms with Crippen molar-refractivity contribution >= 4 is 5.71 Å². The third-order valence-electron chi connectivity index (χ3n) is 3.06. The Bertz CT molecular complexity index is 581. The van der Waals surface area contributed by atoms with Crippen LogP contribution in [-0.4, -0.2) is 22.5 Å². The minimum absolute atomic E-state index is 0.226. The lowest BCUT2D eigenvalue weighted by Crippen LogP contribution is -2.09. The first-order valence-electron chi connectivity index (χ1n) is 5.60. The van der Waals surface area contributed by atoms with Crippen molar-refractivity contribution in [2.24, 2.45) is 4.99 Å². The summed E-state index contributed by atoms with van der Waals surface area (Å²) in [6.45, 7) is 2.77. The average molecular weight is 229 g/mol. The SMILES string of the molecule is CC1=NCCc2c(-c3ccc(F)cc3)n[nH]c21. The number of benzene rings is 1. The van der Waals surface area contributed by atoms with Crippen LogP contribution in [-0.2, 0) is 6.42 Å². The third kappa shape index (κ3) is 1.65. The van der Waals surface area contributed by atoms with Crippen molar-refractivity contribution in [3.63, 3.8) is 0 Å². The summed E-state index contributed by atoms with van der Waals surface area (Å²) in [7, 11) is 0. The number of rotatable bonds is 1. The van der Waals surface area contributed by atoms with Crippen molar-refractivity contribution in [3.05, 3.63) is 41.3 Å². The van der Waals surface area contributed by atoms with Crippen molar-refractivity contribution in [1.29, 1.82) is 0 Å². The molecule has 0 saturated carbocycles. The van der Waals surface area contributed by atoms with E-state index in [0.717, 1.165) is 35.6 Å². The van der Waals surface area contributed by atoms with Crippen LogP contribution >= 0.6 is 0 Å². The first kappa shape index (κ1) is 10.2. The van der Waals surface area contributed by atoms with E-state index in [4.69, 9.17) is 0 Å². The monoisotopic (exact) mass is 229 g/mol. The molecule has 17 heavy (non-hydrogen) atoms. The van der Waals surface area contributed by atoms with Gasteiger partial charge in [-0.25, -0.2) is 4.39 Å². The number of nitrogens with one attached hydrogen (secondary N) is 1. The van der Waals surface area contributed by atoms with Gasteiger partial charge >= 0.3 is 0 Å². The van der Waals surface area contributed by atoms with Crippen LogP contribution in [0.2, 0.25) is 0 Å². The second-order valence-electron chi connectivity index (χ2n) is 4.15. The molecule has 1 aliphatic rings. The third-order valence-corrected chi connectivity index (χ3v) is 3.06. The van der Waals surface area contributed by atoms with Gasteiger partial charge in [-0.3, -0.25) is 10.1 Å². The van der Waals surface area contributed by atoms with E-state index in [1.807, 2.05) is 6.92 Å². The molecule has 1 aromatic heterocycles. The van der Waals surface area contributed by atoms with Gasteiger partial charge in [-0.1, -0.05) is 0 Å². The fraction of sp³-hybridized carbons (Fsp3) is 0.231. The van der Waals surface area contributed by atoms with Gasteiger partial charge in [0.15, 0.2) is 0 Å². The summed E-state index contributed by atoms with van der Waals surface area (Å²) < 4.78 is 12.9. The summed E-state index contributed by atoms with van der Waals surface area (Å²) in [6.07, 6.45) is 0.885. The van der Waals surface area contributed by atoms with Crippen LogP contribution in [0.1, 0.15) is 18.2 Å². The summed E-state index contributed by atoms with van der Waals surface area (Å²) >= 11 is 0. The van der Waals surface area contributed by atoms with Gasteiger partial charge in [0.1, 0.15) is 5.82 Å². The summed E-state index contributed by atoms with van der Waals surface area (Å²) in [5.74, 6) is -0.226. The van der Waals surface area contributed by atoms with Gasteiger partial charge in [0.25, 0.3) is 0 Å². The number of fused-ring (bicyclic) bond motifs is 1. The highest BCUT2D eigenvalue weighted by atomic mass is 19.1. The molecular formula is C13H12FN3. The molecule has 2 heterocycles. The largest absolute Gasteiger partial charge is 0.287 e. The first-order valence-corrected chi connectivity index (χ1v) is 5.60. The molecule has 2 aromatic rings. The maximum atomic E-state index is 12.9. The maximum Gasteiger partial charge on any atom is 0.123 e. The maximum absolute atomic E-state index is 12.9. The molecule has 86 valence electrons. The molecule has 0 atom stereocenters. The zero-order valence-electron chi connectivity index (χ0n) is 9.50. The van der Waals surface area contributed by atoms with E-state index in [0.29, 0.717) is 0 Å². The number of hydrogen-bond acceptors (Lipinski definition) is 2. The predicted molar refractivity (Wildman–Crippen MR) is 64.8 cm³/mol. The average Bonchev–Trinajstić information content (AvgIpc) is 2.75. The fourth-order valence-corrected chi connectivity index (χ4v) is 2.17. The van der Waals surface area contributed by atoms with E-state index in [-0.39, 0.29) is 5.82 Å². The van der Waals surface area contributed by atoms with Gasteiger partial charge in [0, 0.05) is 17.7 Å². The summed E-state index contributed by atoms with van der Waals surface area (Å²) in [5, 5.41) is 7.33.